The minimum Gasteiger partial charge on any atom is -0.457 e. The SMILES string of the molecule is Cc1cc(Oc2ccccc2)ccc1N1C(=O)NC2c3c1ccnc3SC2C(=O)NC1CCC(NC(=O)/C=C/CN)CC1. The summed E-state index contributed by atoms with van der Waals surface area (Å²) in [5, 5.41) is 9.49. The average Bonchev–Trinajstić information content (AvgIpc) is 3.38. The fourth-order valence-corrected chi connectivity index (χ4v) is 7.16. The molecule has 0 radical (unpaired) electrons. The summed E-state index contributed by atoms with van der Waals surface area (Å²) in [5.74, 6) is 1.15. The normalized spacial score (nSPS) is 22.6. The summed E-state index contributed by atoms with van der Waals surface area (Å²) in [4.78, 5) is 45.3. The van der Waals surface area contributed by atoms with Gasteiger partial charge >= 0.3 is 6.03 Å². The van der Waals surface area contributed by atoms with Crippen molar-refractivity contribution in [1.29, 1.82) is 0 Å². The number of rotatable bonds is 8. The largest absolute Gasteiger partial charge is 0.457 e. The van der Waals surface area contributed by atoms with Crippen molar-refractivity contribution in [2.24, 2.45) is 5.73 Å². The van der Waals surface area contributed by atoms with Crippen molar-refractivity contribution >= 4 is 41.0 Å². The van der Waals surface area contributed by atoms with Crippen molar-refractivity contribution in [3.05, 3.63) is 84.1 Å². The molecule has 4 amide bonds. The topological polar surface area (TPSA) is 139 Å². The Labute approximate surface area is 254 Å². The monoisotopic (exact) mass is 598 g/mol. The molecule has 3 aliphatic rings. The van der Waals surface area contributed by atoms with Gasteiger partial charge in [-0.05, 0) is 74.6 Å². The van der Waals surface area contributed by atoms with Crippen LogP contribution in [0.2, 0.25) is 0 Å². The Hall–Kier alpha value is -4.35. The molecule has 10 nitrogen and oxygen atoms in total. The molecule has 3 heterocycles. The molecule has 0 saturated heterocycles. The summed E-state index contributed by atoms with van der Waals surface area (Å²) in [6.07, 6.45) is 7.85. The third-order valence-electron chi connectivity index (χ3n) is 7.98. The number of thioether (sulfide) groups is 1. The van der Waals surface area contributed by atoms with Crippen LogP contribution < -0.4 is 31.3 Å². The molecule has 1 fully saturated rings. The van der Waals surface area contributed by atoms with Crippen LogP contribution in [0.3, 0.4) is 0 Å². The van der Waals surface area contributed by atoms with Gasteiger partial charge in [-0.1, -0.05) is 36.0 Å². The Morgan fingerprint density at radius 3 is 2.51 bits per heavy atom. The van der Waals surface area contributed by atoms with E-state index < -0.39 is 11.3 Å². The predicted molar refractivity (Wildman–Crippen MR) is 166 cm³/mol. The fraction of sp³-hybridized carbons (Fsp3) is 0.312. The van der Waals surface area contributed by atoms with E-state index in [2.05, 4.69) is 20.9 Å². The van der Waals surface area contributed by atoms with Gasteiger partial charge in [0, 0.05) is 36.5 Å². The van der Waals surface area contributed by atoms with Crippen molar-refractivity contribution in [2.45, 2.75) is 61.0 Å². The number of nitrogens with one attached hydrogen (secondary N) is 3. The van der Waals surface area contributed by atoms with Gasteiger partial charge < -0.3 is 26.4 Å². The second-order valence-corrected chi connectivity index (χ2v) is 12.0. The molecule has 1 saturated carbocycles. The average molecular weight is 599 g/mol. The van der Waals surface area contributed by atoms with E-state index in [4.69, 9.17) is 10.5 Å². The number of benzene rings is 2. The number of ether oxygens (including phenoxy) is 1. The summed E-state index contributed by atoms with van der Waals surface area (Å²) in [6, 6.07) is 16.3. The third kappa shape index (κ3) is 6.09. The van der Waals surface area contributed by atoms with Gasteiger partial charge in [-0.25, -0.2) is 9.78 Å². The van der Waals surface area contributed by atoms with Crippen molar-refractivity contribution in [3.8, 4) is 11.5 Å². The van der Waals surface area contributed by atoms with Crippen LogP contribution in [0, 0.1) is 6.92 Å². The van der Waals surface area contributed by atoms with Crippen molar-refractivity contribution < 1.29 is 19.1 Å². The second-order valence-electron chi connectivity index (χ2n) is 10.9. The van der Waals surface area contributed by atoms with Gasteiger partial charge in [0.25, 0.3) is 0 Å². The highest BCUT2D eigenvalue weighted by Crippen LogP contribution is 2.51. The number of aryl methyl sites for hydroxylation is 1. The molecule has 11 heteroatoms. The molecular weight excluding hydrogens is 564 g/mol. The maximum absolute atomic E-state index is 13.6. The number of para-hydroxylation sites is 1. The lowest BCUT2D eigenvalue weighted by Crippen LogP contribution is -2.51. The van der Waals surface area contributed by atoms with E-state index >= 15 is 0 Å². The Morgan fingerprint density at radius 2 is 1.79 bits per heavy atom. The minimum atomic E-state index is -0.531. The third-order valence-corrected chi connectivity index (χ3v) is 9.27. The van der Waals surface area contributed by atoms with Gasteiger partial charge in [0.05, 0.1) is 17.4 Å². The molecule has 1 aromatic heterocycles. The zero-order chi connectivity index (χ0) is 29.9. The van der Waals surface area contributed by atoms with E-state index in [0.29, 0.717) is 12.3 Å². The lowest BCUT2D eigenvalue weighted by atomic mass is 9.90. The maximum atomic E-state index is 13.6. The molecular formula is C32H34N6O4S. The number of pyridine rings is 1. The first-order chi connectivity index (χ1) is 20.9. The van der Waals surface area contributed by atoms with Crippen molar-refractivity contribution in [1.82, 2.24) is 20.9 Å². The molecule has 1 aliphatic carbocycles. The van der Waals surface area contributed by atoms with E-state index in [1.165, 1.54) is 17.8 Å². The minimum absolute atomic E-state index is 0.00652. The van der Waals surface area contributed by atoms with Crippen LogP contribution in [0.1, 0.15) is 42.9 Å². The number of carbonyl (C=O) groups excluding carboxylic acids is 3. The predicted octanol–water partition coefficient (Wildman–Crippen LogP) is 4.62. The van der Waals surface area contributed by atoms with Gasteiger partial charge in [0.1, 0.15) is 21.8 Å². The Balaban J connectivity index is 1.14. The van der Waals surface area contributed by atoms with Gasteiger partial charge in [-0.3, -0.25) is 14.5 Å². The van der Waals surface area contributed by atoms with Gasteiger partial charge in [-0.2, -0.15) is 0 Å². The van der Waals surface area contributed by atoms with E-state index in [9.17, 15) is 14.4 Å². The van der Waals surface area contributed by atoms with Crippen LogP contribution in [-0.2, 0) is 9.59 Å². The first-order valence-corrected chi connectivity index (χ1v) is 15.4. The van der Waals surface area contributed by atoms with Crippen molar-refractivity contribution in [3.63, 3.8) is 0 Å². The van der Waals surface area contributed by atoms with E-state index in [0.717, 1.165) is 59.0 Å². The second kappa shape index (κ2) is 12.5. The molecule has 2 aromatic carbocycles. The van der Waals surface area contributed by atoms with E-state index in [1.807, 2.05) is 61.5 Å². The molecule has 222 valence electrons. The van der Waals surface area contributed by atoms with Crippen LogP contribution in [0.15, 0.2) is 78.0 Å². The molecule has 0 spiro atoms. The molecule has 6 rings (SSSR count). The summed E-state index contributed by atoms with van der Waals surface area (Å²) >= 11 is 1.38. The zero-order valence-corrected chi connectivity index (χ0v) is 24.6. The van der Waals surface area contributed by atoms with E-state index in [-0.39, 0.29) is 29.9 Å². The smallest absolute Gasteiger partial charge is 0.327 e. The highest BCUT2D eigenvalue weighted by atomic mass is 32.2. The number of aromatic nitrogens is 1. The van der Waals surface area contributed by atoms with Crippen LogP contribution >= 0.6 is 11.8 Å². The molecule has 3 aromatic rings. The van der Waals surface area contributed by atoms with Crippen molar-refractivity contribution in [2.75, 3.05) is 11.4 Å². The first-order valence-electron chi connectivity index (χ1n) is 14.5. The lowest BCUT2D eigenvalue weighted by Gasteiger charge is -2.35. The fourth-order valence-electron chi connectivity index (χ4n) is 5.92. The highest BCUT2D eigenvalue weighted by Gasteiger charge is 2.47. The van der Waals surface area contributed by atoms with Crippen LogP contribution in [0.5, 0.6) is 11.5 Å². The lowest BCUT2D eigenvalue weighted by molar-refractivity contribution is -0.122. The van der Waals surface area contributed by atoms with Crippen LogP contribution in [-0.4, -0.2) is 46.7 Å². The summed E-state index contributed by atoms with van der Waals surface area (Å²) in [5.41, 5.74) is 8.59. The first kappa shape index (κ1) is 28.8. The van der Waals surface area contributed by atoms with E-state index in [1.54, 1.807) is 17.2 Å². The molecule has 2 atom stereocenters. The number of hydrogen-bond acceptors (Lipinski definition) is 7. The maximum Gasteiger partial charge on any atom is 0.327 e. The number of nitrogens with two attached hydrogens (primary N) is 1. The number of carbonyl (C=O) groups is 3. The number of anilines is 2. The summed E-state index contributed by atoms with van der Waals surface area (Å²) in [7, 11) is 0. The Kier molecular flexibility index (Phi) is 8.35. The number of urea groups is 1. The van der Waals surface area contributed by atoms with Crippen LogP contribution in [0.4, 0.5) is 16.2 Å². The molecule has 5 N–H and O–H groups in total. The highest BCUT2D eigenvalue weighted by molar-refractivity contribution is 8.01. The summed E-state index contributed by atoms with van der Waals surface area (Å²) in [6.45, 7) is 2.26. The van der Waals surface area contributed by atoms with Gasteiger partial charge in [-0.15, -0.1) is 0 Å². The van der Waals surface area contributed by atoms with Gasteiger partial charge in [0.2, 0.25) is 11.8 Å². The Morgan fingerprint density at radius 1 is 1.05 bits per heavy atom. The quantitative estimate of drug-likeness (QED) is 0.278. The standard InChI is InChI=1S/C32H34N6O4S/c1-19-18-23(42-22-6-3-2-4-7-22)13-14-24(19)38-25-15-17-34-31-27(25)28(37-32(38)41)29(43-31)30(40)36-21-11-9-20(10-12-21)35-26(39)8-5-16-33/h2-8,13-15,17-18,20-21,28-29H,9-12,16,33H2,1H3,(H,35,39)(H,36,40)(H,37,41)/b8-5+. The molecule has 43 heavy (non-hydrogen) atoms. The molecule has 2 unspecified atom stereocenters. The van der Waals surface area contributed by atoms with Gasteiger partial charge in [0.15, 0.2) is 0 Å². The molecule has 0 bridgehead atoms. The number of amides is 4. The molecule has 2 aliphatic heterocycles. The number of nitrogens with zero attached hydrogens (tertiary/aromatic N) is 2. The summed E-state index contributed by atoms with van der Waals surface area (Å²) < 4.78 is 5.98. The zero-order valence-electron chi connectivity index (χ0n) is 23.8. The van der Waals surface area contributed by atoms with Crippen LogP contribution in [0.25, 0.3) is 0 Å². The Bertz CT molecular complexity index is 1560. The number of hydrogen-bond donors (Lipinski definition) is 4.